The second kappa shape index (κ2) is 5.88. The van der Waals surface area contributed by atoms with E-state index >= 15 is 0 Å². The van der Waals surface area contributed by atoms with Gasteiger partial charge in [-0.2, -0.15) is 0 Å². The predicted octanol–water partition coefficient (Wildman–Crippen LogP) is 3.99. The molecule has 6 nitrogen and oxygen atoms in total. The summed E-state index contributed by atoms with van der Waals surface area (Å²) in [4.78, 5) is 21.4. The van der Waals surface area contributed by atoms with E-state index in [4.69, 9.17) is 9.84 Å². The summed E-state index contributed by atoms with van der Waals surface area (Å²) in [5.74, 6) is -3.04. The summed E-state index contributed by atoms with van der Waals surface area (Å²) in [5, 5.41) is 20.0. The highest BCUT2D eigenvalue weighted by molar-refractivity contribution is 9.10. The van der Waals surface area contributed by atoms with E-state index in [1.54, 1.807) is 0 Å². The van der Waals surface area contributed by atoms with E-state index in [9.17, 15) is 19.3 Å². The molecule has 0 saturated carbocycles. The van der Waals surface area contributed by atoms with Crippen LogP contribution in [0.4, 0.5) is 10.1 Å². The van der Waals surface area contributed by atoms with Crippen molar-refractivity contribution in [3.8, 4) is 11.5 Å². The van der Waals surface area contributed by atoms with Crippen molar-refractivity contribution >= 4 is 27.6 Å². The van der Waals surface area contributed by atoms with Crippen molar-refractivity contribution < 1.29 is 24.0 Å². The number of para-hydroxylation sites is 1. The molecule has 0 heterocycles. The molecule has 0 spiro atoms. The maximum Gasteiger partial charge on any atom is 0.342 e. The van der Waals surface area contributed by atoms with Crippen LogP contribution in [0.3, 0.4) is 0 Å². The van der Waals surface area contributed by atoms with Gasteiger partial charge in [-0.15, -0.1) is 0 Å². The lowest BCUT2D eigenvalue weighted by Gasteiger charge is -2.10. The third-order valence-corrected chi connectivity index (χ3v) is 3.17. The molecule has 8 heteroatoms. The van der Waals surface area contributed by atoms with Gasteiger partial charge in [-0.25, -0.2) is 9.18 Å². The van der Waals surface area contributed by atoms with Crippen LogP contribution in [0, 0.1) is 15.9 Å². The Morgan fingerprint density at radius 2 is 1.95 bits per heavy atom. The molecule has 1 N–H and O–H groups in total. The Hall–Kier alpha value is -2.48. The first-order valence-electron chi connectivity index (χ1n) is 5.54. The van der Waals surface area contributed by atoms with E-state index in [1.807, 2.05) is 0 Å². The van der Waals surface area contributed by atoms with Gasteiger partial charge in [-0.05, 0) is 34.1 Å². The molecule has 108 valence electrons. The van der Waals surface area contributed by atoms with E-state index in [1.165, 1.54) is 30.3 Å². The number of rotatable bonds is 4. The van der Waals surface area contributed by atoms with Crippen LogP contribution in [0.2, 0.25) is 0 Å². The van der Waals surface area contributed by atoms with Gasteiger partial charge in [-0.3, -0.25) is 10.1 Å². The first-order valence-corrected chi connectivity index (χ1v) is 6.33. The zero-order valence-corrected chi connectivity index (χ0v) is 11.8. The van der Waals surface area contributed by atoms with Gasteiger partial charge in [0, 0.05) is 6.07 Å². The fraction of sp³-hybridized carbons (Fsp3) is 0. The molecular formula is C13H7BrFNO5. The molecule has 0 aliphatic rings. The topological polar surface area (TPSA) is 89.7 Å². The molecule has 0 unspecified atom stereocenters. The van der Waals surface area contributed by atoms with Gasteiger partial charge in [-0.1, -0.05) is 12.1 Å². The molecule has 2 aromatic rings. The molecule has 0 radical (unpaired) electrons. The molecule has 2 aromatic carbocycles. The minimum absolute atomic E-state index is 0.199. The third kappa shape index (κ3) is 3.00. The Kier molecular flexibility index (Phi) is 4.18. The van der Waals surface area contributed by atoms with Crippen molar-refractivity contribution in [3.05, 3.63) is 62.4 Å². The monoisotopic (exact) mass is 355 g/mol. The van der Waals surface area contributed by atoms with E-state index in [-0.39, 0.29) is 21.7 Å². The summed E-state index contributed by atoms with van der Waals surface area (Å²) in [6.45, 7) is 0. The molecule has 0 bridgehead atoms. The molecule has 0 atom stereocenters. The van der Waals surface area contributed by atoms with Gasteiger partial charge in [0.2, 0.25) is 5.75 Å². The SMILES string of the molecule is O=C(O)c1c(F)cccc1Oc1c(Br)cccc1[N+](=O)[O-]. The van der Waals surface area contributed by atoms with Crippen molar-refractivity contribution in [1.82, 2.24) is 0 Å². The highest BCUT2D eigenvalue weighted by Crippen LogP contribution is 2.39. The lowest BCUT2D eigenvalue weighted by atomic mass is 10.2. The summed E-state index contributed by atoms with van der Waals surface area (Å²) >= 11 is 3.08. The molecule has 0 aromatic heterocycles. The Balaban J connectivity index is 2.56. The molecular weight excluding hydrogens is 349 g/mol. The van der Waals surface area contributed by atoms with E-state index < -0.39 is 22.3 Å². The third-order valence-electron chi connectivity index (χ3n) is 2.54. The van der Waals surface area contributed by atoms with Crippen LogP contribution in [-0.4, -0.2) is 16.0 Å². The second-order valence-corrected chi connectivity index (χ2v) is 4.72. The fourth-order valence-electron chi connectivity index (χ4n) is 1.65. The average molecular weight is 356 g/mol. The van der Waals surface area contributed by atoms with Crippen LogP contribution in [-0.2, 0) is 0 Å². The number of carboxylic acid groups (broad SMARTS) is 1. The number of hydrogen-bond acceptors (Lipinski definition) is 4. The molecule has 21 heavy (non-hydrogen) atoms. The predicted molar refractivity (Wildman–Crippen MR) is 74.2 cm³/mol. The number of halogens is 2. The molecule has 0 fully saturated rings. The molecule has 0 aliphatic carbocycles. The maximum atomic E-state index is 13.6. The zero-order valence-electron chi connectivity index (χ0n) is 10.2. The van der Waals surface area contributed by atoms with E-state index in [0.717, 1.165) is 6.07 Å². The number of benzene rings is 2. The van der Waals surface area contributed by atoms with Crippen molar-refractivity contribution in [3.63, 3.8) is 0 Å². The van der Waals surface area contributed by atoms with Crippen LogP contribution < -0.4 is 4.74 Å². The van der Waals surface area contributed by atoms with E-state index in [0.29, 0.717) is 0 Å². The molecule has 0 saturated heterocycles. The normalized spacial score (nSPS) is 10.2. The average Bonchev–Trinajstić information content (AvgIpc) is 2.40. The number of hydrogen-bond donors (Lipinski definition) is 1. The van der Waals surface area contributed by atoms with Gasteiger partial charge in [0.15, 0.2) is 0 Å². The fourth-order valence-corrected chi connectivity index (χ4v) is 2.09. The minimum atomic E-state index is -1.53. The van der Waals surface area contributed by atoms with Crippen LogP contribution in [0.1, 0.15) is 10.4 Å². The quantitative estimate of drug-likeness (QED) is 0.661. The van der Waals surface area contributed by atoms with Crippen molar-refractivity contribution in [2.24, 2.45) is 0 Å². The van der Waals surface area contributed by atoms with E-state index in [2.05, 4.69) is 15.9 Å². The van der Waals surface area contributed by atoms with Gasteiger partial charge in [0.05, 0.1) is 9.40 Å². The van der Waals surface area contributed by atoms with Crippen molar-refractivity contribution in [2.45, 2.75) is 0 Å². The van der Waals surface area contributed by atoms with Gasteiger partial charge in [0.25, 0.3) is 0 Å². The smallest absolute Gasteiger partial charge is 0.342 e. The number of ether oxygens (including phenoxy) is 1. The van der Waals surface area contributed by atoms with Crippen molar-refractivity contribution in [1.29, 1.82) is 0 Å². The van der Waals surface area contributed by atoms with Crippen LogP contribution >= 0.6 is 15.9 Å². The highest BCUT2D eigenvalue weighted by Gasteiger charge is 2.23. The molecule has 2 rings (SSSR count). The summed E-state index contributed by atoms with van der Waals surface area (Å²) < 4.78 is 19.1. The summed E-state index contributed by atoms with van der Waals surface area (Å²) in [7, 11) is 0. The maximum absolute atomic E-state index is 13.6. The summed E-state index contributed by atoms with van der Waals surface area (Å²) in [5.41, 5.74) is -1.06. The zero-order chi connectivity index (χ0) is 15.6. The highest BCUT2D eigenvalue weighted by atomic mass is 79.9. The summed E-state index contributed by atoms with van der Waals surface area (Å²) in [6, 6.07) is 7.54. The van der Waals surface area contributed by atoms with Gasteiger partial charge >= 0.3 is 11.7 Å². The lowest BCUT2D eigenvalue weighted by Crippen LogP contribution is -2.04. The minimum Gasteiger partial charge on any atom is -0.477 e. The lowest BCUT2D eigenvalue weighted by molar-refractivity contribution is -0.385. The Morgan fingerprint density at radius 1 is 1.29 bits per heavy atom. The Morgan fingerprint density at radius 3 is 2.57 bits per heavy atom. The Bertz CT molecular complexity index is 734. The number of carbonyl (C=O) groups is 1. The Labute approximate surface area is 126 Å². The molecule has 0 aliphatic heterocycles. The van der Waals surface area contributed by atoms with Crippen molar-refractivity contribution in [2.75, 3.05) is 0 Å². The van der Waals surface area contributed by atoms with Gasteiger partial charge < -0.3 is 9.84 Å². The number of aromatic carboxylic acids is 1. The first-order chi connectivity index (χ1) is 9.91. The number of nitro benzene ring substituents is 1. The molecule has 0 amide bonds. The van der Waals surface area contributed by atoms with Gasteiger partial charge in [0.1, 0.15) is 17.1 Å². The summed E-state index contributed by atoms with van der Waals surface area (Å²) in [6.07, 6.45) is 0. The first kappa shape index (κ1) is 14.9. The number of nitrogens with zero attached hydrogens (tertiary/aromatic N) is 1. The van der Waals surface area contributed by atoms with Crippen LogP contribution in [0.25, 0.3) is 0 Å². The van der Waals surface area contributed by atoms with Crippen LogP contribution in [0.5, 0.6) is 11.5 Å². The standard InChI is InChI=1S/C13H7BrFNO5/c14-7-3-1-5-9(16(19)20)12(7)21-10-6-2-4-8(15)11(10)13(17)18/h1-6H,(H,17,18). The number of nitro groups is 1. The van der Waals surface area contributed by atoms with Crippen LogP contribution in [0.15, 0.2) is 40.9 Å². The number of carboxylic acids is 1. The largest absolute Gasteiger partial charge is 0.477 e. The second-order valence-electron chi connectivity index (χ2n) is 3.87.